The highest BCUT2D eigenvalue weighted by molar-refractivity contribution is 5.97. The molecule has 104 valence electrons. The van der Waals surface area contributed by atoms with Crippen LogP contribution in [-0.2, 0) is 4.79 Å². The van der Waals surface area contributed by atoms with Crippen LogP contribution in [0.4, 0.5) is 5.69 Å². The number of carboxylic acids is 1. The summed E-state index contributed by atoms with van der Waals surface area (Å²) in [7, 11) is 0. The molecule has 0 spiro atoms. The fourth-order valence-corrected chi connectivity index (χ4v) is 1.54. The van der Waals surface area contributed by atoms with Gasteiger partial charge in [0.2, 0.25) is 5.91 Å². The van der Waals surface area contributed by atoms with Crippen molar-refractivity contribution >= 4 is 17.6 Å². The van der Waals surface area contributed by atoms with E-state index in [0.717, 1.165) is 0 Å². The maximum absolute atomic E-state index is 11.9. The van der Waals surface area contributed by atoms with E-state index in [4.69, 9.17) is 10.8 Å². The zero-order valence-corrected chi connectivity index (χ0v) is 11.7. The number of aryl methyl sites for hydroxylation is 1. The third-order valence-electron chi connectivity index (χ3n) is 2.95. The van der Waals surface area contributed by atoms with E-state index in [1.54, 1.807) is 19.1 Å². The molecule has 1 aromatic rings. The number of carbonyl (C=O) groups excluding carboxylic acids is 1. The predicted molar refractivity (Wildman–Crippen MR) is 74.2 cm³/mol. The van der Waals surface area contributed by atoms with Gasteiger partial charge in [-0.2, -0.15) is 0 Å². The van der Waals surface area contributed by atoms with E-state index in [0.29, 0.717) is 11.3 Å². The van der Waals surface area contributed by atoms with Gasteiger partial charge in [-0.05, 0) is 30.0 Å². The van der Waals surface area contributed by atoms with Gasteiger partial charge in [0.05, 0.1) is 11.6 Å². The molecule has 0 aliphatic rings. The maximum Gasteiger partial charge on any atom is 0.336 e. The van der Waals surface area contributed by atoms with Crippen LogP contribution in [0.15, 0.2) is 18.2 Å². The number of amides is 1. The average molecular weight is 264 g/mol. The number of anilines is 1. The monoisotopic (exact) mass is 264 g/mol. The Morgan fingerprint density at radius 1 is 1.32 bits per heavy atom. The standard InChI is InChI=1S/C14H20N2O3/c1-8-5-6-9(7-10(8)13(18)19)16-12(17)11(15)14(2,3)4/h5-7,11H,15H2,1-4H3,(H,16,17)(H,18,19). The van der Waals surface area contributed by atoms with Crippen molar-refractivity contribution in [1.29, 1.82) is 0 Å². The Balaban J connectivity index is 2.92. The van der Waals surface area contributed by atoms with E-state index in [1.807, 2.05) is 20.8 Å². The Morgan fingerprint density at radius 2 is 1.89 bits per heavy atom. The second kappa shape index (κ2) is 5.40. The van der Waals surface area contributed by atoms with Crippen LogP contribution in [0.2, 0.25) is 0 Å². The van der Waals surface area contributed by atoms with Gasteiger partial charge in [-0.15, -0.1) is 0 Å². The molecule has 0 fully saturated rings. The molecule has 0 saturated carbocycles. The van der Waals surface area contributed by atoms with Crippen LogP contribution in [0.3, 0.4) is 0 Å². The molecule has 5 nitrogen and oxygen atoms in total. The lowest BCUT2D eigenvalue weighted by Crippen LogP contribution is -2.45. The third-order valence-corrected chi connectivity index (χ3v) is 2.95. The van der Waals surface area contributed by atoms with Gasteiger partial charge in [0.15, 0.2) is 0 Å². The minimum absolute atomic E-state index is 0.169. The van der Waals surface area contributed by atoms with Crippen molar-refractivity contribution in [3.8, 4) is 0 Å². The number of hydrogen-bond donors (Lipinski definition) is 3. The van der Waals surface area contributed by atoms with Crippen molar-refractivity contribution in [1.82, 2.24) is 0 Å². The van der Waals surface area contributed by atoms with E-state index in [9.17, 15) is 9.59 Å². The highest BCUT2D eigenvalue weighted by Gasteiger charge is 2.27. The fraction of sp³-hybridized carbons (Fsp3) is 0.429. The van der Waals surface area contributed by atoms with Crippen LogP contribution < -0.4 is 11.1 Å². The molecule has 0 aliphatic heterocycles. The largest absolute Gasteiger partial charge is 0.478 e. The number of aromatic carboxylic acids is 1. The third kappa shape index (κ3) is 3.79. The van der Waals surface area contributed by atoms with Gasteiger partial charge in [-0.25, -0.2) is 4.79 Å². The first kappa shape index (κ1) is 15.2. The molecule has 0 bridgehead atoms. The van der Waals surface area contributed by atoms with Crippen LogP contribution in [0.25, 0.3) is 0 Å². The van der Waals surface area contributed by atoms with Gasteiger partial charge >= 0.3 is 5.97 Å². The summed E-state index contributed by atoms with van der Waals surface area (Å²) in [6.45, 7) is 7.31. The number of hydrogen-bond acceptors (Lipinski definition) is 3. The van der Waals surface area contributed by atoms with Gasteiger partial charge < -0.3 is 16.2 Å². The quantitative estimate of drug-likeness (QED) is 0.778. The SMILES string of the molecule is Cc1ccc(NC(=O)C(N)C(C)(C)C)cc1C(=O)O. The summed E-state index contributed by atoms with van der Waals surface area (Å²) in [4.78, 5) is 23.0. The van der Waals surface area contributed by atoms with Crippen LogP contribution in [0.1, 0.15) is 36.7 Å². The summed E-state index contributed by atoms with van der Waals surface area (Å²) in [5.41, 5.74) is 6.74. The van der Waals surface area contributed by atoms with Crippen LogP contribution in [0.5, 0.6) is 0 Å². The van der Waals surface area contributed by atoms with Crippen molar-refractivity contribution in [3.05, 3.63) is 29.3 Å². The number of rotatable bonds is 3. The van der Waals surface area contributed by atoms with E-state index in [-0.39, 0.29) is 16.9 Å². The van der Waals surface area contributed by atoms with Gasteiger partial charge in [0.1, 0.15) is 0 Å². The molecule has 1 amide bonds. The molecule has 0 saturated heterocycles. The molecular formula is C14H20N2O3. The molecule has 1 rings (SSSR count). The van der Waals surface area contributed by atoms with Gasteiger partial charge in [-0.1, -0.05) is 26.8 Å². The number of nitrogens with two attached hydrogens (primary N) is 1. The van der Waals surface area contributed by atoms with Crippen molar-refractivity contribution in [3.63, 3.8) is 0 Å². The summed E-state index contributed by atoms with van der Waals surface area (Å²) in [6.07, 6.45) is 0. The van der Waals surface area contributed by atoms with Gasteiger partial charge in [0.25, 0.3) is 0 Å². The van der Waals surface area contributed by atoms with Crippen LogP contribution in [0, 0.1) is 12.3 Å². The van der Waals surface area contributed by atoms with Crippen molar-refractivity contribution in [2.45, 2.75) is 33.7 Å². The lowest BCUT2D eigenvalue weighted by Gasteiger charge is -2.25. The molecular weight excluding hydrogens is 244 g/mol. The Bertz CT molecular complexity index is 504. The van der Waals surface area contributed by atoms with E-state index >= 15 is 0 Å². The Kier molecular flexibility index (Phi) is 4.32. The molecule has 0 aliphatic carbocycles. The summed E-state index contributed by atoms with van der Waals surface area (Å²) in [6, 6.07) is 4.09. The zero-order valence-electron chi connectivity index (χ0n) is 11.7. The first-order valence-corrected chi connectivity index (χ1v) is 6.03. The Hall–Kier alpha value is -1.88. The molecule has 0 heterocycles. The first-order chi connectivity index (χ1) is 8.62. The molecule has 0 radical (unpaired) electrons. The molecule has 1 aromatic carbocycles. The van der Waals surface area contributed by atoms with E-state index in [1.165, 1.54) is 6.07 Å². The summed E-state index contributed by atoms with van der Waals surface area (Å²) in [5, 5.41) is 11.7. The number of carboxylic acid groups (broad SMARTS) is 1. The minimum atomic E-state index is -1.02. The van der Waals surface area contributed by atoms with E-state index < -0.39 is 12.0 Å². The molecule has 1 unspecified atom stereocenters. The second-order valence-corrected chi connectivity index (χ2v) is 5.67. The lowest BCUT2D eigenvalue weighted by molar-refractivity contribution is -0.119. The van der Waals surface area contributed by atoms with E-state index in [2.05, 4.69) is 5.32 Å². The highest BCUT2D eigenvalue weighted by Crippen LogP contribution is 2.20. The predicted octanol–water partition coefficient (Wildman–Crippen LogP) is 2.01. The molecule has 1 atom stereocenters. The second-order valence-electron chi connectivity index (χ2n) is 5.67. The topological polar surface area (TPSA) is 92.4 Å². The number of benzene rings is 1. The number of nitrogens with one attached hydrogen (secondary N) is 1. The zero-order chi connectivity index (χ0) is 14.8. The Morgan fingerprint density at radius 3 is 2.37 bits per heavy atom. The molecule has 4 N–H and O–H groups in total. The van der Waals surface area contributed by atoms with Crippen molar-refractivity contribution in [2.24, 2.45) is 11.1 Å². The first-order valence-electron chi connectivity index (χ1n) is 6.03. The number of carbonyl (C=O) groups is 2. The van der Waals surface area contributed by atoms with Crippen molar-refractivity contribution < 1.29 is 14.7 Å². The molecule has 19 heavy (non-hydrogen) atoms. The average Bonchev–Trinajstić information content (AvgIpc) is 2.29. The van der Waals surface area contributed by atoms with Crippen LogP contribution >= 0.6 is 0 Å². The van der Waals surface area contributed by atoms with Gasteiger partial charge in [-0.3, -0.25) is 4.79 Å². The van der Waals surface area contributed by atoms with Crippen LogP contribution in [-0.4, -0.2) is 23.0 Å². The Labute approximate surface area is 112 Å². The van der Waals surface area contributed by atoms with Crippen molar-refractivity contribution in [2.75, 3.05) is 5.32 Å². The summed E-state index contributed by atoms with van der Waals surface area (Å²) in [5.74, 6) is -1.35. The summed E-state index contributed by atoms with van der Waals surface area (Å²) < 4.78 is 0. The fourth-order valence-electron chi connectivity index (χ4n) is 1.54. The molecule has 0 aromatic heterocycles. The summed E-state index contributed by atoms with van der Waals surface area (Å²) >= 11 is 0. The highest BCUT2D eigenvalue weighted by atomic mass is 16.4. The van der Waals surface area contributed by atoms with Gasteiger partial charge in [0, 0.05) is 5.69 Å². The normalized spacial score (nSPS) is 12.9. The smallest absolute Gasteiger partial charge is 0.336 e. The minimum Gasteiger partial charge on any atom is -0.478 e. The maximum atomic E-state index is 11.9. The lowest BCUT2D eigenvalue weighted by atomic mass is 9.87. The molecule has 5 heteroatoms.